The molecule has 1 aliphatic carbocycles. The van der Waals surface area contributed by atoms with Gasteiger partial charge in [-0.05, 0) is 19.8 Å². The van der Waals surface area contributed by atoms with Gasteiger partial charge in [-0.3, -0.25) is 4.79 Å². The number of ether oxygens (including phenoxy) is 1. The minimum absolute atomic E-state index is 0.219. The predicted molar refractivity (Wildman–Crippen MR) is 141 cm³/mol. The lowest BCUT2D eigenvalue weighted by Crippen LogP contribution is -2.48. The van der Waals surface area contributed by atoms with Gasteiger partial charge < -0.3 is 10.5 Å². The second-order valence-electron chi connectivity index (χ2n) is 12.9. The molecule has 1 aliphatic rings. The van der Waals surface area contributed by atoms with E-state index in [1.165, 1.54) is 19.3 Å². The zero-order valence-electron chi connectivity index (χ0n) is 22.2. The molecule has 0 spiro atoms. The maximum Gasteiger partial charge on any atom is 0.138 e. The van der Waals surface area contributed by atoms with Crippen LogP contribution in [0.5, 0.6) is 0 Å². The van der Waals surface area contributed by atoms with Crippen molar-refractivity contribution in [1.82, 2.24) is 0 Å². The molecule has 0 aromatic carbocycles. The summed E-state index contributed by atoms with van der Waals surface area (Å²) >= 11 is 0. The number of ketones is 1. The highest BCUT2D eigenvalue weighted by atomic mass is 16.5. The van der Waals surface area contributed by atoms with E-state index < -0.39 is 5.72 Å². The van der Waals surface area contributed by atoms with Crippen LogP contribution in [0.1, 0.15) is 101 Å². The van der Waals surface area contributed by atoms with Crippen LogP contribution in [0.3, 0.4) is 0 Å². The molecule has 0 amide bonds. The third-order valence-corrected chi connectivity index (χ3v) is 8.91. The van der Waals surface area contributed by atoms with Crippen LogP contribution in [0.2, 0.25) is 22.3 Å². The number of carbonyl (C=O) groups excluding carboxylic acids is 1. The largest absolute Gasteiger partial charge is 0.361 e. The Labute approximate surface area is 190 Å². The number of Topliss-reactive ketones (excluding diaryl/α,β-unsaturated/α-hetero) is 1. The molecule has 7 heteroatoms. The van der Waals surface area contributed by atoms with Gasteiger partial charge in [0.25, 0.3) is 0 Å². The van der Waals surface area contributed by atoms with Crippen molar-refractivity contribution in [3.05, 3.63) is 0 Å². The summed E-state index contributed by atoms with van der Waals surface area (Å²) in [5.41, 5.74) is 5.31. The monoisotopic (exact) mass is 415 g/mol. The molecule has 1 saturated carbocycles. The van der Waals surface area contributed by atoms with Crippen LogP contribution in [-0.4, -0.2) is 46.8 Å². The molecular weight excluding hydrogens is 366 g/mol. The molecule has 30 heavy (non-hydrogen) atoms. The number of rotatable bonds is 12. The lowest BCUT2D eigenvalue weighted by atomic mass is 9.04. The van der Waals surface area contributed by atoms with Crippen molar-refractivity contribution in [2.75, 3.05) is 6.61 Å². The van der Waals surface area contributed by atoms with Gasteiger partial charge >= 0.3 is 0 Å². The van der Waals surface area contributed by atoms with E-state index in [4.69, 9.17) is 10.5 Å². The van der Waals surface area contributed by atoms with Gasteiger partial charge in [-0.2, -0.15) is 0 Å². The van der Waals surface area contributed by atoms with Crippen LogP contribution in [0.25, 0.3) is 0 Å². The van der Waals surface area contributed by atoms with Gasteiger partial charge in [-0.15, -0.1) is 0 Å². The fraction of sp³-hybridized carbons (Fsp3) is 0.957. The van der Waals surface area contributed by atoms with Crippen LogP contribution < -0.4 is 5.73 Å². The van der Waals surface area contributed by atoms with Crippen LogP contribution in [-0.2, 0) is 9.53 Å². The number of hydrogen-bond donors (Lipinski definition) is 1. The zero-order valence-corrected chi connectivity index (χ0v) is 22.2. The van der Waals surface area contributed by atoms with Crippen molar-refractivity contribution in [1.29, 1.82) is 0 Å². The Morgan fingerprint density at radius 3 is 1.80 bits per heavy atom. The molecule has 170 valence electrons. The van der Waals surface area contributed by atoms with Gasteiger partial charge in [0.05, 0.1) is 15.5 Å². The van der Waals surface area contributed by atoms with E-state index in [9.17, 15) is 4.79 Å². The van der Waals surface area contributed by atoms with E-state index in [0.717, 1.165) is 24.7 Å². The Morgan fingerprint density at radius 2 is 1.40 bits per heavy atom. The highest BCUT2D eigenvalue weighted by molar-refractivity contribution is 7.10. The van der Waals surface area contributed by atoms with Crippen LogP contribution in [0.15, 0.2) is 0 Å². The molecule has 0 aromatic rings. The molecule has 0 heterocycles. The molecule has 0 aliphatic heterocycles. The Balaban J connectivity index is 2.57. The highest BCUT2D eigenvalue weighted by Gasteiger charge is 2.48. The minimum Gasteiger partial charge on any atom is -0.361 e. The van der Waals surface area contributed by atoms with Crippen molar-refractivity contribution < 1.29 is 9.53 Å². The van der Waals surface area contributed by atoms with E-state index in [-0.39, 0.29) is 16.5 Å². The van der Waals surface area contributed by atoms with E-state index >= 15 is 0 Å². The van der Waals surface area contributed by atoms with E-state index in [0.29, 0.717) is 31.4 Å². The van der Waals surface area contributed by atoms with Crippen molar-refractivity contribution in [3.63, 3.8) is 0 Å². The molecule has 1 rings (SSSR count). The third kappa shape index (κ3) is 7.47. The number of hydrogen-bond acceptors (Lipinski definition) is 3. The predicted octanol–water partition coefficient (Wildman–Crippen LogP) is 4.22. The normalized spacial score (nSPS) is 22.2. The fourth-order valence-electron chi connectivity index (χ4n) is 4.86. The molecule has 0 saturated heterocycles. The maximum atomic E-state index is 12.2. The molecular formula is C23H49B4NO2. The quantitative estimate of drug-likeness (QED) is 0.384. The summed E-state index contributed by atoms with van der Waals surface area (Å²) in [6, 6.07) is 0. The first-order chi connectivity index (χ1) is 13.4. The second-order valence-corrected chi connectivity index (χ2v) is 12.9. The SMILES string of the molecule is BB(C1CCC1B(B)C(C)(C)CCOC(C)(N)CCC(=O)C(C)(C)C)C(C)(C)CC. The second kappa shape index (κ2) is 10.2. The van der Waals surface area contributed by atoms with Gasteiger partial charge in [0.1, 0.15) is 24.7 Å². The van der Waals surface area contributed by atoms with Crippen molar-refractivity contribution in [2.24, 2.45) is 11.1 Å². The summed E-state index contributed by atoms with van der Waals surface area (Å²) in [6.45, 7) is 21.9. The van der Waals surface area contributed by atoms with Gasteiger partial charge in [-0.1, -0.05) is 96.9 Å². The first kappa shape index (κ1) is 27.9. The van der Waals surface area contributed by atoms with Crippen molar-refractivity contribution in [2.45, 2.75) is 129 Å². The smallest absolute Gasteiger partial charge is 0.138 e. The molecule has 3 unspecified atom stereocenters. The summed E-state index contributed by atoms with van der Waals surface area (Å²) in [5, 5.41) is 0.638. The summed E-state index contributed by atoms with van der Waals surface area (Å²) in [6.07, 6.45) is 6.05. The zero-order chi connectivity index (χ0) is 23.5. The lowest BCUT2D eigenvalue weighted by molar-refractivity contribution is -0.128. The maximum absolute atomic E-state index is 12.2. The van der Waals surface area contributed by atoms with E-state index in [1.807, 2.05) is 27.7 Å². The molecule has 3 nitrogen and oxygen atoms in total. The Kier molecular flexibility index (Phi) is 9.48. The van der Waals surface area contributed by atoms with Crippen molar-refractivity contribution >= 4 is 34.5 Å². The van der Waals surface area contributed by atoms with Crippen LogP contribution in [0, 0.1) is 5.41 Å². The van der Waals surface area contributed by atoms with Gasteiger partial charge in [0, 0.05) is 18.4 Å². The molecule has 0 bridgehead atoms. The van der Waals surface area contributed by atoms with Crippen LogP contribution >= 0.6 is 0 Å². The molecule has 0 radical (unpaired) electrons. The lowest BCUT2D eigenvalue weighted by Gasteiger charge is -2.51. The van der Waals surface area contributed by atoms with Crippen molar-refractivity contribution in [3.8, 4) is 0 Å². The summed E-state index contributed by atoms with van der Waals surface area (Å²) in [7, 11) is 4.92. The Bertz CT molecular complexity index is 572. The highest BCUT2D eigenvalue weighted by Crippen LogP contribution is 2.56. The molecule has 1 fully saturated rings. The first-order valence-corrected chi connectivity index (χ1v) is 12.4. The van der Waals surface area contributed by atoms with Gasteiger partial charge in [0.15, 0.2) is 0 Å². The van der Waals surface area contributed by atoms with E-state index in [2.05, 4.69) is 50.1 Å². The standard InChI is InChI=1S/C23H49B4NO2/c1-10-21(5,6)26(24)17-11-12-18(17)27(25)22(7,8)15-16-30-23(9,28)14-13-19(29)20(2,3)4/h17-18H,10-16,24-25,28H2,1-9H3. The molecule has 3 atom stereocenters. The fourth-order valence-corrected chi connectivity index (χ4v) is 4.86. The summed E-state index contributed by atoms with van der Waals surface area (Å²) in [5.74, 6) is 1.91. The first-order valence-electron chi connectivity index (χ1n) is 12.4. The average Bonchev–Trinajstić information content (AvgIpc) is 2.57. The molecule has 0 aromatic heterocycles. The van der Waals surface area contributed by atoms with Crippen LogP contribution in [0.4, 0.5) is 0 Å². The summed E-state index contributed by atoms with van der Waals surface area (Å²) < 4.78 is 6.08. The Morgan fingerprint density at radius 1 is 0.933 bits per heavy atom. The average molecular weight is 415 g/mol. The number of carbonyl (C=O) groups is 1. The summed E-state index contributed by atoms with van der Waals surface area (Å²) in [4.78, 5) is 12.2. The minimum atomic E-state index is -0.737. The topological polar surface area (TPSA) is 52.3 Å². The molecule has 2 N–H and O–H groups in total. The third-order valence-electron chi connectivity index (χ3n) is 8.91. The van der Waals surface area contributed by atoms with Gasteiger partial charge in [-0.25, -0.2) is 0 Å². The Hall–Kier alpha value is -0.150. The van der Waals surface area contributed by atoms with Gasteiger partial charge in [0.2, 0.25) is 0 Å². The number of nitrogens with two attached hydrogens (primary N) is 1. The van der Waals surface area contributed by atoms with E-state index in [1.54, 1.807) is 0 Å².